The van der Waals surface area contributed by atoms with Crippen LogP contribution in [0.15, 0.2) is 24.3 Å². The number of ketones is 1. The molecule has 20 heavy (non-hydrogen) atoms. The summed E-state index contributed by atoms with van der Waals surface area (Å²) in [5.41, 5.74) is 1.28. The van der Waals surface area contributed by atoms with Crippen molar-refractivity contribution in [2.45, 2.75) is 38.5 Å². The molecule has 3 nitrogen and oxygen atoms in total. The summed E-state index contributed by atoms with van der Waals surface area (Å²) in [6.45, 7) is 0. The molecule has 0 aliphatic heterocycles. The van der Waals surface area contributed by atoms with Crippen molar-refractivity contribution in [3.8, 4) is 0 Å². The second kappa shape index (κ2) is 7.58. The van der Waals surface area contributed by atoms with Gasteiger partial charge in [-0.2, -0.15) is 0 Å². The van der Waals surface area contributed by atoms with Crippen molar-refractivity contribution in [2.24, 2.45) is 5.92 Å². The first-order valence-electron chi connectivity index (χ1n) is 7.21. The zero-order valence-corrected chi connectivity index (χ0v) is 13.1. The second-order valence-corrected chi connectivity index (χ2v) is 5.84. The molecule has 1 saturated carbocycles. The predicted molar refractivity (Wildman–Crippen MR) is 84.4 cm³/mol. The molecule has 0 unspecified atom stereocenters. The molecule has 1 aliphatic rings. The monoisotopic (exact) mass is 337 g/mol. The number of hydrogen-bond acceptors (Lipinski definition) is 2. The lowest BCUT2D eigenvalue weighted by Crippen LogP contribution is -2.19. The highest BCUT2D eigenvalue weighted by molar-refractivity contribution is 9.09. The molecule has 1 aromatic rings. The molecule has 0 bridgehead atoms. The fourth-order valence-electron chi connectivity index (χ4n) is 2.75. The summed E-state index contributed by atoms with van der Waals surface area (Å²) in [5, 5.41) is 3.02. The molecule has 1 aromatic carbocycles. The Balaban J connectivity index is 2.18. The summed E-state index contributed by atoms with van der Waals surface area (Å²) in [5.74, 6) is 0.156. The fraction of sp³-hybridized carbons (Fsp3) is 0.500. The molecule has 2 rings (SSSR count). The van der Waals surface area contributed by atoms with Crippen LogP contribution in [0.1, 0.15) is 48.9 Å². The minimum absolute atomic E-state index is 0.111. The molecule has 1 aliphatic carbocycles. The van der Waals surface area contributed by atoms with Crippen LogP contribution in [-0.2, 0) is 4.79 Å². The van der Waals surface area contributed by atoms with Crippen LogP contribution in [0, 0.1) is 5.92 Å². The maximum atomic E-state index is 12.7. The number of anilines is 1. The highest BCUT2D eigenvalue weighted by atomic mass is 79.9. The van der Waals surface area contributed by atoms with Gasteiger partial charge in [0.1, 0.15) is 0 Å². The number of hydrogen-bond donors (Lipinski definition) is 1. The van der Waals surface area contributed by atoms with Gasteiger partial charge in [0.05, 0.1) is 11.0 Å². The van der Waals surface area contributed by atoms with Gasteiger partial charge in [0.2, 0.25) is 5.91 Å². The van der Waals surface area contributed by atoms with Crippen LogP contribution < -0.4 is 5.32 Å². The number of Topliss-reactive ketones (excluding diaryl/α,β-unsaturated/α-hetero) is 1. The zero-order chi connectivity index (χ0) is 14.4. The molecule has 0 spiro atoms. The van der Waals surface area contributed by atoms with Gasteiger partial charge in [0.25, 0.3) is 0 Å². The number of rotatable bonds is 4. The van der Waals surface area contributed by atoms with Crippen molar-refractivity contribution < 1.29 is 9.59 Å². The lowest BCUT2D eigenvalue weighted by atomic mass is 9.90. The topological polar surface area (TPSA) is 46.2 Å². The average molecular weight is 338 g/mol. The number of carbonyl (C=O) groups excluding carboxylic acids is 2. The van der Waals surface area contributed by atoms with Gasteiger partial charge in [0, 0.05) is 11.5 Å². The Hall–Kier alpha value is -1.16. The van der Waals surface area contributed by atoms with E-state index in [9.17, 15) is 9.59 Å². The fourth-order valence-corrected chi connectivity index (χ4v) is 2.89. The Kier molecular flexibility index (Phi) is 5.77. The van der Waals surface area contributed by atoms with Crippen LogP contribution in [0.5, 0.6) is 0 Å². The Morgan fingerprint density at radius 2 is 1.75 bits per heavy atom. The van der Waals surface area contributed by atoms with Crippen molar-refractivity contribution in [3.05, 3.63) is 29.8 Å². The lowest BCUT2D eigenvalue weighted by Gasteiger charge is -2.15. The van der Waals surface area contributed by atoms with E-state index >= 15 is 0 Å². The van der Waals surface area contributed by atoms with E-state index in [2.05, 4.69) is 21.2 Å². The van der Waals surface area contributed by atoms with Gasteiger partial charge >= 0.3 is 0 Å². The summed E-state index contributed by atoms with van der Waals surface area (Å²) in [7, 11) is 0. The Bertz CT molecular complexity index is 479. The van der Waals surface area contributed by atoms with E-state index in [0.29, 0.717) is 11.3 Å². The lowest BCUT2D eigenvalue weighted by molar-refractivity contribution is -0.113. The number of halogens is 1. The van der Waals surface area contributed by atoms with E-state index in [0.717, 1.165) is 25.7 Å². The Morgan fingerprint density at radius 1 is 1.10 bits per heavy atom. The first-order chi connectivity index (χ1) is 9.72. The smallest absolute Gasteiger partial charge is 0.235 e. The van der Waals surface area contributed by atoms with E-state index in [4.69, 9.17) is 0 Å². The van der Waals surface area contributed by atoms with Crippen LogP contribution in [0.2, 0.25) is 0 Å². The molecule has 0 atom stereocenters. The number of alkyl halides is 1. The third kappa shape index (κ3) is 3.92. The van der Waals surface area contributed by atoms with Gasteiger partial charge in [0.15, 0.2) is 5.78 Å². The molecule has 1 N–H and O–H groups in total. The van der Waals surface area contributed by atoms with E-state index < -0.39 is 0 Å². The van der Waals surface area contributed by atoms with Crippen LogP contribution in [0.4, 0.5) is 5.69 Å². The number of carbonyl (C=O) groups is 2. The van der Waals surface area contributed by atoms with E-state index in [1.165, 1.54) is 12.8 Å². The average Bonchev–Trinajstić information content (AvgIpc) is 2.76. The predicted octanol–water partition coefficient (Wildman–Crippen LogP) is 4.17. The summed E-state index contributed by atoms with van der Waals surface area (Å²) < 4.78 is 0. The largest absolute Gasteiger partial charge is 0.325 e. The van der Waals surface area contributed by atoms with Crippen LogP contribution in [-0.4, -0.2) is 17.0 Å². The normalized spacial score (nSPS) is 16.4. The van der Waals surface area contributed by atoms with Crippen LogP contribution in [0.3, 0.4) is 0 Å². The van der Waals surface area contributed by atoms with E-state index in [1.54, 1.807) is 6.07 Å². The highest BCUT2D eigenvalue weighted by Gasteiger charge is 2.23. The molecule has 0 aromatic heterocycles. The molecule has 0 heterocycles. The minimum Gasteiger partial charge on any atom is -0.325 e. The van der Waals surface area contributed by atoms with Gasteiger partial charge in [-0.05, 0) is 25.0 Å². The SMILES string of the molecule is O=C(CBr)Nc1ccccc1C(=O)C1CCCCCC1. The maximum absolute atomic E-state index is 12.7. The van der Waals surface area contributed by atoms with Gasteiger partial charge < -0.3 is 5.32 Å². The van der Waals surface area contributed by atoms with Gasteiger partial charge in [-0.15, -0.1) is 0 Å². The second-order valence-electron chi connectivity index (χ2n) is 5.28. The van der Waals surface area contributed by atoms with Crippen molar-refractivity contribution in [1.29, 1.82) is 0 Å². The van der Waals surface area contributed by atoms with Gasteiger partial charge in [-0.25, -0.2) is 0 Å². The number of para-hydroxylation sites is 1. The molecular formula is C16H20BrNO2. The van der Waals surface area contributed by atoms with Crippen molar-refractivity contribution in [3.63, 3.8) is 0 Å². The van der Waals surface area contributed by atoms with Crippen molar-refractivity contribution >= 4 is 33.3 Å². The Labute approximate surface area is 128 Å². The number of amides is 1. The van der Waals surface area contributed by atoms with Gasteiger partial charge in [-0.3, -0.25) is 9.59 Å². The molecule has 4 heteroatoms. The third-order valence-corrected chi connectivity index (χ3v) is 4.32. The molecule has 108 valence electrons. The molecular weight excluding hydrogens is 318 g/mol. The van der Waals surface area contributed by atoms with Crippen molar-refractivity contribution in [2.75, 3.05) is 10.6 Å². The third-order valence-electron chi connectivity index (χ3n) is 3.81. The first-order valence-corrected chi connectivity index (χ1v) is 8.33. The number of benzene rings is 1. The van der Waals surface area contributed by atoms with Crippen LogP contribution >= 0.6 is 15.9 Å². The molecule has 1 fully saturated rings. The van der Waals surface area contributed by atoms with Gasteiger partial charge in [-0.1, -0.05) is 53.7 Å². The number of nitrogens with one attached hydrogen (secondary N) is 1. The highest BCUT2D eigenvalue weighted by Crippen LogP contribution is 2.28. The zero-order valence-electron chi connectivity index (χ0n) is 11.5. The summed E-state index contributed by atoms with van der Waals surface area (Å²) in [4.78, 5) is 24.2. The maximum Gasteiger partial charge on any atom is 0.235 e. The van der Waals surface area contributed by atoms with E-state index in [-0.39, 0.29) is 22.9 Å². The Morgan fingerprint density at radius 3 is 2.40 bits per heavy atom. The summed E-state index contributed by atoms with van der Waals surface area (Å²) in [6, 6.07) is 7.31. The quantitative estimate of drug-likeness (QED) is 0.509. The van der Waals surface area contributed by atoms with E-state index in [1.807, 2.05) is 18.2 Å². The summed E-state index contributed by atoms with van der Waals surface area (Å²) in [6.07, 6.45) is 6.66. The summed E-state index contributed by atoms with van der Waals surface area (Å²) >= 11 is 3.12. The minimum atomic E-state index is -0.133. The standard InChI is InChI=1S/C16H20BrNO2/c17-11-15(19)18-14-10-6-5-9-13(14)16(20)12-7-3-1-2-4-8-12/h5-6,9-10,12H,1-4,7-8,11H2,(H,18,19). The molecule has 0 radical (unpaired) electrons. The molecule has 0 saturated heterocycles. The molecule has 1 amide bonds. The van der Waals surface area contributed by atoms with Crippen molar-refractivity contribution in [1.82, 2.24) is 0 Å². The van der Waals surface area contributed by atoms with Crippen LogP contribution in [0.25, 0.3) is 0 Å². The first kappa shape index (κ1) is 15.2.